The summed E-state index contributed by atoms with van der Waals surface area (Å²) in [6.07, 6.45) is 0. The lowest BCUT2D eigenvalue weighted by molar-refractivity contribution is 0.632. The second kappa shape index (κ2) is 3.75. The first kappa shape index (κ1) is 9.14. The van der Waals surface area contributed by atoms with E-state index in [2.05, 4.69) is 31.5 Å². The van der Waals surface area contributed by atoms with Crippen molar-refractivity contribution in [2.24, 2.45) is 0 Å². The number of halogens is 1. The van der Waals surface area contributed by atoms with Crippen molar-refractivity contribution in [3.05, 3.63) is 44.8 Å². The lowest BCUT2D eigenvalue weighted by Gasteiger charge is -1.99. The number of aromatic nitrogens is 4. The smallest absolute Gasteiger partial charge is 0.245 e. The largest absolute Gasteiger partial charge is 0.361 e. The first-order valence-corrected chi connectivity index (χ1v) is 4.77. The Balaban J connectivity index is 2.27. The van der Waals surface area contributed by atoms with Crippen LogP contribution in [0.15, 0.2) is 33.5 Å². The van der Waals surface area contributed by atoms with Crippen LogP contribution in [0.2, 0.25) is 0 Å². The molecule has 0 saturated heterocycles. The van der Waals surface area contributed by atoms with E-state index < -0.39 is 0 Å². The van der Waals surface area contributed by atoms with Gasteiger partial charge in [0.05, 0.1) is 6.54 Å². The predicted molar refractivity (Wildman–Crippen MR) is 53.9 cm³/mol. The van der Waals surface area contributed by atoms with Crippen LogP contribution in [0.3, 0.4) is 0 Å². The molecular weight excluding hydrogens is 248 g/mol. The molecule has 5 nitrogen and oxygen atoms in total. The normalized spacial score (nSPS) is 10.4. The third-order valence-corrected chi connectivity index (χ3v) is 2.25. The van der Waals surface area contributed by atoms with Gasteiger partial charge in [0.15, 0.2) is 0 Å². The van der Waals surface area contributed by atoms with Crippen LogP contribution in [0.25, 0.3) is 0 Å². The lowest BCUT2D eigenvalue weighted by atomic mass is 10.2. The lowest BCUT2D eigenvalue weighted by Crippen LogP contribution is -2.18. The molecule has 0 amide bonds. The van der Waals surface area contributed by atoms with Crippen molar-refractivity contribution in [1.82, 2.24) is 20.2 Å². The number of rotatable bonds is 2. The SMILES string of the molecule is O=c1[nH]nnn1Cc1cccc(Br)c1. The van der Waals surface area contributed by atoms with Crippen molar-refractivity contribution >= 4 is 15.9 Å². The Labute approximate surface area is 87.9 Å². The van der Waals surface area contributed by atoms with Gasteiger partial charge in [-0.1, -0.05) is 28.1 Å². The van der Waals surface area contributed by atoms with Gasteiger partial charge in [-0.15, -0.1) is 0 Å². The average Bonchev–Trinajstić information content (AvgIpc) is 2.52. The van der Waals surface area contributed by atoms with Crippen LogP contribution < -0.4 is 5.69 Å². The van der Waals surface area contributed by atoms with Crippen molar-refractivity contribution in [3.63, 3.8) is 0 Å². The molecule has 1 N–H and O–H groups in total. The number of hydrogen-bond donors (Lipinski definition) is 1. The minimum Gasteiger partial charge on any atom is -0.245 e. The van der Waals surface area contributed by atoms with Crippen molar-refractivity contribution in [2.75, 3.05) is 0 Å². The van der Waals surface area contributed by atoms with Gasteiger partial charge in [0.1, 0.15) is 0 Å². The molecule has 0 unspecified atom stereocenters. The monoisotopic (exact) mass is 254 g/mol. The highest BCUT2D eigenvalue weighted by Crippen LogP contribution is 2.11. The van der Waals surface area contributed by atoms with E-state index in [0.29, 0.717) is 6.54 Å². The number of tetrazole rings is 1. The van der Waals surface area contributed by atoms with Gasteiger partial charge in [0, 0.05) is 4.47 Å². The van der Waals surface area contributed by atoms with Crippen LogP contribution in [0.4, 0.5) is 0 Å². The van der Waals surface area contributed by atoms with Crippen molar-refractivity contribution < 1.29 is 0 Å². The van der Waals surface area contributed by atoms with E-state index in [1.54, 1.807) is 0 Å². The number of aromatic amines is 1. The van der Waals surface area contributed by atoms with Gasteiger partial charge in [-0.2, -0.15) is 4.68 Å². The maximum atomic E-state index is 11.1. The van der Waals surface area contributed by atoms with Gasteiger partial charge < -0.3 is 0 Å². The summed E-state index contributed by atoms with van der Waals surface area (Å²) in [5.41, 5.74) is 0.695. The van der Waals surface area contributed by atoms with Gasteiger partial charge in [-0.3, -0.25) is 0 Å². The van der Waals surface area contributed by atoms with Crippen molar-refractivity contribution in [2.45, 2.75) is 6.54 Å². The molecule has 0 saturated carbocycles. The highest BCUT2D eigenvalue weighted by Gasteiger charge is 2.00. The fourth-order valence-electron chi connectivity index (χ4n) is 1.13. The Morgan fingerprint density at radius 3 is 3.00 bits per heavy atom. The molecule has 0 aliphatic rings. The Hall–Kier alpha value is -1.43. The molecule has 14 heavy (non-hydrogen) atoms. The van der Waals surface area contributed by atoms with Gasteiger partial charge >= 0.3 is 5.69 Å². The van der Waals surface area contributed by atoms with E-state index >= 15 is 0 Å². The Bertz CT molecular complexity index is 490. The van der Waals surface area contributed by atoms with E-state index in [0.717, 1.165) is 10.0 Å². The molecule has 1 aromatic carbocycles. The topological polar surface area (TPSA) is 63.6 Å². The first-order valence-electron chi connectivity index (χ1n) is 3.98. The summed E-state index contributed by atoms with van der Waals surface area (Å²) in [5, 5.41) is 9.27. The molecule has 0 bridgehead atoms. The fourth-order valence-corrected chi connectivity index (χ4v) is 1.58. The molecule has 2 rings (SSSR count). The summed E-state index contributed by atoms with van der Waals surface area (Å²) in [6.45, 7) is 0.425. The minimum atomic E-state index is -0.301. The molecule has 1 heterocycles. The average molecular weight is 255 g/mol. The molecule has 0 spiro atoms. The van der Waals surface area contributed by atoms with Crippen LogP contribution in [-0.2, 0) is 6.54 Å². The Morgan fingerprint density at radius 2 is 2.36 bits per heavy atom. The number of H-pyrrole nitrogens is 1. The second-order valence-corrected chi connectivity index (χ2v) is 3.71. The number of nitrogens with one attached hydrogen (secondary N) is 1. The van der Waals surface area contributed by atoms with E-state index in [4.69, 9.17) is 0 Å². The summed E-state index contributed by atoms with van der Waals surface area (Å²) < 4.78 is 2.24. The summed E-state index contributed by atoms with van der Waals surface area (Å²) >= 11 is 3.35. The standard InChI is InChI=1S/C8H7BrN4O/c9-7-3-1-2-6(4-7)5-13-8(14)10-11-12-13/h1-4H,5H2,(H,10,12,14). The van der Waals surface area contributed by atoms with Crippen LogP contribution in [0.1, 0.15) is 5.56 Å². The van der Waals surface area contributed by atoms with Gasteiger partial charge in [0.25, 0.3) is 0 Å². The zero-order valence-electron chi connectivity index (χ0n) is 7.14. The molecule has 0 fully saturated rings. The maximum absolute atomic E-state index is 11.1. The number of hydrogen-bond acceptors (Lipinski definition) is 3. The molecule has 0 radical (unpaired) electrons. The predicted octanol–water partition coefficient (Wildman–Crippen LogP) is 0.777. The zero-order valence-corrected chi connectivity index (χ0v) is 8.73. The highest BCUT2D eigenvalue weighted by molar-refractivity contribution is 9.10. The third kappa shape index (κ3) is 1.90. The number of benzene rings is 1. The Morgan fingerprint density at radius 1 is 1.50 bits per heavy atom. The molecule has 0 aliphatic carbocycles. The van der Waals surface area contributed by atoms with E-state index in [1.165, 1.54) is 4.68 Å². The third-order valence-electron chi connectivity index (χ3n) is 1.75. The fraction of sp³-hybridized carbons (Fsp3) is 0.125. The van der Waals surface area contributed by atoms with E-state index in [-0.39, 0.29) is 5.69 Å². The van der Waals surface area contributed by atoms with Gasteiger partial charge in [-0.25, -0.2) is 9.89 Å². The van der Waals surface area contributed by atoms with Crippen molar-refractivity contribution in [3.8, 4) is 0 Å². The summed E-state index contributed by atoms with van der Waals surface area (Å²) in [7, 11) is 0. The maximum Gasteiger partial charge on any atom is 0.361 e. The van der Waals surface area contributed by atoms with Crippen LogP contribution >= 0.6 is 15.9 Å². The number of nitrogens with zero attached hydrogens (tertiary/aromatic N) is 3. The molecule has 6 heteroatoms. The first-order chi connectivity index (χ1) is 6.75. The molecular formula is C8H7BrN4O. The molecule has 0 aliphatic heterocycles. The summed E-state index contributed by atoms with van der Waals surface area (Å²) in [4.78, 5) is 11.1. The van der Waals surface area contributed by atoms with Gasteiger partial charge in [-0.05, 0) is 28.1 Å². The van der Waals surface area contributed by atoms with Crippen LogP contribution in [0, 0.1) is 0 Å². The molecule has 2 aromatic rings. The Kier molecular flexibility index (Phi) is 2.45. The summed E-state index contributed by atoms with van der Waals surface area (Å²) in [5.74, 6) is 0. The van der Waals surface area contributed by atoms with Crippen molar-refractivity contribution in [1.29, 1.82) is 0 Å². The van der Waals surface area contributed by atoms with Crippen LogP contribution in [0.5, 0.6) is 0 Å². The molecule has 0 atom stereocenters. The van der Waals surface area contributed by atoms with Gasteiger partial charge in [0.2, 0.25) is 0 Å². The van der Waals surface area contributed by atoms with Crippen LogP contribution in [-0.4, -0.2) is 20.2 Å². The highest BCUT2D eigenvalue weighted by atomic mass is 79.9. The molecule has 72 valence electrons. The second-order valence-electron chi connectivity index (χ2n) is 2.79. The minimum absolute atomic E-state index is 0.301. The summed E-state index contributed by atoms with van der Waals surface area (Å²) in [6, 6.07) is 7.69. The zero-order chi connectivity index (χ0) is 9.97. The van der Waals surface area contributed by atoms with E-state index in [9.17, 15) is 4.79 Å². The molecule has 1 aromatic heterocycles. The van der Waals surface area contributed by atoms with E-state index in [1.807, 2.05) is 24.3 Å². The quantitative estimate of drug-likeness (QED) is 0.862.